The summed E-state index contributed by atoms with van der Waals surface area (Å²) in [6.07, 6.45) is 1.45. The number of para-hydroxylation sites is 1. The van der Waals surface area contributed by atoms with E-state index in [0.29, 0.717) is 36.0 Å². The van der Waals surface area contributed by atoms with Crippen LogP contribution in [0, 0.1) is 20.8 Å². The predicted molar refractivity (Wildman–Crippen MR) is 135 cm³/mol. The number of nitrogens with one attached hydrogen (secondary N) is 1. The predicted octanol–water partition coefficient (Wildman–Crippen LogP) is 3.73. The lowest BCUT2D eigenvalue weighted by molar-refractivity contribution is -0.119. The fraction of sp³-hybridized carbons (Fsp3) is 0.231. The highest BCUT2D eigenvalue weighted by atomic mass is 32.2. The van der Waals surface area contributed by atoms with Crippen LogP contribution >= 0.6 is 0 Å². The molecular formula is C26H27N3O5S. The standard InChI is InChI=1S/C26H27N3O5S/c1-18-8-11-22(12-9-18)35(31,32)29(23-15-19(2)7-10-20(23)3)17-25(30)28-27-16-21-5-4-6-24-26(21)34-14-13-33-24/h4-12,15-16H,13-14,17H2,1-3H3,(H,28,30)/b27-16-. The first-order valence-corrected chi connectivity index (χ1v) is 12.6. The number of hydrazone groups is 1. The van der Waals surface area contributed by atoms with Crippen LogP contribution in [-0.4, -0.2) is 40.3 Å². The lowest BCUT2D eigenvalue weighted by atomic mass is 10.1. The quantitative estimate of drug-likeness (QED) is 0.400. The monoisotopic (exact) mass is 493 g/mol. The molecule has 4 rings (SSSR count). The summed E-state index contributed by atoms with van der Waals surface area (Å²) in [6.45, 7) is 6.01. The van der Waals surface area contributed by atoms with Gasteiger partial charge in [0, 0.05) is 5.56 Å². The Hall–Kier alpha value is -3.85. The molecule has 8 nitrogen and oxygen atoms in total. The minimum atomic E-state index is -4.01. The highest BCUT2D eigenvalue weighted by Crippen LogP contribution is 2.32. The van der Waals surface area contributed by atoms with Crippen molar-refractivity contribution in [1.29, 1.82) is 0 Å². The Morgan fingerprint density at radius 1 is 1.00 bits per heavy atom. The number of nitrogens with zero attached hydrogens (tertiary/aromatic N) is 2. The van der Waals surface area contributed by atoms with Crippen molar-refractivity contribution in [3.63, 3.8) is 0 Å². The average Bonchev–Trinajstić information content (AvgIpc) is 2.84. The van der Waals surface area contributed by atoms with E-state index < -0.39 is 22.5 Å². The molecule has 0 aliphatic carbocycles. The maximum atomic E-state index is 13.6. The molecular weight excluding hydrogens is 466 g/mol. The van der Waals surface area contributed by atoms with Gasteiger partial charge in [-0.25, -0.2) is 13.8 Å². The van der Waals surface area contributed by atoms with Crippen LogP contribution in [0.4, 0.5) is 5.69 Å². The van der Waals surface area contributed by atoms with Crippen LogP contribution in [0.15, 0.2) is 70.7 Å². The first kappa shape index (κ1) is 24.3. The number of rotatable bonds is 7. The minimum Gasteiger partial charge on any atom is -0.486 e. The van der Waals surface area contributed by atoms with Crippen LogP contribution < -0.4 is 19.2 Å². The fourth-order valence-corrected chi connectivity index (χ4v) is 5.14. The van der Waals surface area contributed by atoms with E-state index in [1.165, 1.54) is 6.21 Å². The number of aryl methyl sites for hydroxylation is 3. The molecule has 0 saturated heterocycles. The third-order valence-corrected chi connectivity index (χ3v) is 7.29. The van der Waals surface area contributed by atoms with E-state index in [-0.39, 0.29) is 4.90 Å². The summed E-state index contributed by atoms with van der Waals surface area (Å²) in [5.41, 5.74) is 6.06. The number of hydrogen-bond acceptors (Lipinski definition) is 6. The zero-order valence-electron chi connectivity index (χ0n) is 19.8. The molecule has 0 unspecified atom stereocenters. The smallest absolute Gasteiger partial charge is 0.264 e. The van der Waals surface area contributed by atoms with Crippen molar-refractivity contribution in [1.82, 2.24) is 5.43 Å². The maximum absolute atomic E-state index is 13.6. The number of sulfonamides is 1. The number of fused-ring (bicyclic) bond motifs is 1. The molecule has 0 atom stereocenters. The summed E-state index contributed by atoms with van der Waals surface area (Å²) in [4.78, 5) is 13.0. The Morgan fingerprint density at radius 3 is 2.49 bits per heavy atom. The highest BCUT2D eigenvalue weighted by Gasteiger charge is 2.28. The van der Waals surface area contributed by atoms with Crippen molar-refractivity contribution in [3.05, 3.63) is 82.9 Å². The van der Waals surface area contributed by atoms with Gasteiger partial charge in [-0.2, -0.15) is 5.10 Å². The summed E-state index contributed by atoms with van der Waals surface area (Å²) in [5, 5.41) is 4.02. The molecule has 1 N–H and O–H groups in total. The van der Waals surface area contributed by atoms with Crippen molar-refractivity contribution in [2.45, 2.75) is 25.7 Å². The lowest BCUT2D eigenvalue weighted by Crippen LogP contribution is -2.40. The normalized spacial score (nSPS) is 13.0. The first-order valence-electron chi connectivity index (χ1n) is 11.1. The van der Waals surface area contributed by atoms with Crippen LogP contribution in [0.3, 0.4) is 0 Å². The lowest BCUT2D eigenvalue weighted by Gasteiger charge is -2.25. The van der Waals surface area contributed by atoms with Gasteiger partial charge in [-0.3, -0.25) is 9.10 Å². The SMILES string of the molecule is Cc1ccc(S(=O)(=O)N(CC(=O)N/N=C\c2cccc3c2OCCO3)c2cc(C)ccc2C)cc1. The third kappa shape index (κ3) is 5.46. The minimum absolute atomic E-state index is 0.105. The van der Waals surface area contributed by atoms with Crippen molar-refractivity contribution >= 4 is 27.8 Å². The number of amides is 1. The fourth-order valence-electron chi connectivity index (χ4n) is 3.66. The number of carbonyl (C=O) groups excluding carboxylic acids is 1. The molecule has 1 heterocycles. The van der Waals surface area contributed by atoms with Crippen LogP contribution in [0.1, 0.15) is 22.3 Å². The number of hydrogen-bond donors (Lipinski definition) is 1. The largest absolute Gasteiger partial charge is 0.486 e. The molecule has 0 aromatic heterocycles. The summed E-state index contributed by atoms with van der Waals surface area (Å²) in [6, 6.07) is 17.4. The molecule has 1 aliphatic rings. The Balaban J connectivity index is 1.59. The molecule has 3 aromatic rings. The van der Waals surface area contributed by atoms with Gasteiger partial charge in [-0.1, -0.05) is 35.9 Å². The molecule has 1 amide bonds. The van der Waals surface area contributed by atoms with E-state index in [4.69, 9.17) is 9.47 Å². The van der Waals surface area contributed by atoms with Gasteiger partial charge in [0.2, 0.25) is 0 Å². The molecule has 0 radical (unpaired) electrons. The van der Waals surface area contributed by atoms with E-state index in [1.54, 1.807) is 48.5 Å². The Morgan fingerprint density at radius 2 is 1.71 bits per heavy atom. The van der Waals surface area contributed by atoms with Gasteiger partial charge in [-0.15, -0.1) is 0 Å². The van der Waals surface area contributed by atoms with Gasteiger partial charge < -0.3 is 9.47 Å². The highest BCUT2D eigenvalue weighted by molar-refractivity contribution is 7.92. The van der Waals surface area contributed by atoms with E-state index in [1.807, 2.05) is 32.9 Å². The molecule has 182 valence electrons. The maximum Gasteiger partial charge on any atom is 0.264 e. The Bertz CT molecular complexity index is 1370. The molecule has 0 bridgehead atoms. The van der Waals surface area contributed by atoms with E-state index in [2.05, 4.69) is 10.5 Å². The van der Waals surface area contributed by atoms with Crippen molar-refractivity contribution in [3.8, 4) is 11.5 Å². The molecule has 9 heteroatoms. The van der Waals surface area contributed by atoms with Gasteiger partial charge in [0.1, 0.15) is 19.8 Å². The second kappa shape index (κ2) is 10.2. The van der Waals surface area contributed by atoms with Gasteiger partial charge in [0.05, 0.1) is 16.8 Å². The average molecular weight is 494 g/mol. The third-order valence-electron chi connectivity index (χ3n) is 5.52. The van der Waals surface area contributed by atoms with Crippen molar-refractivity contribution in [2.24, 2.45) is 5.10 Å². The Labute approximate surface area is 205 Å². The topological polar surface area (TPSA) is 97.3 Å². The van der Waals surface area contributed by atoms with Gasteiger partial charge in [0.15, 0.2) is 11.5 Å². The first-order chi connectivity index (χ1) is 16.8. The second-order valence-corrected chi connectivity index (χ2v) is 10.1. The summed E-state index contributed by atoms with van der Waals surface area (Å²) < 4.78 is 39.5. The summed E-state index contributed by atoms with van der Waals surface area (Å²) in [7, 11) is -4.01. The Kier molecular flexibility index (Phi) is 7.07. The van der Waals surface area contributed by atoms with Gasteiger partial charge in [0.25, 0.3) is 15.9 Å². The second-order valence-electron chi connectivity index (χ2n) is 8.28. The van der Waals surface area contributed by atoms with E-state index in [9.17, 15) is 13.2 Å². The van der Waals surface area contributed by atoms with Crippen LogP contribution in [0.2, 0.25) is 0 Å². The van der Waals surface area contributed by atoms with Crippen LogP contribution in [0.5, 0.6) is 11.5 Å². The zero-order valence-corrected chi connectivity index (χ0v) is 20.6. The molecule has 1 aliphatic heterocycles. The molecule has 35 heavy (non-hydrogen) atoms. The van der Waals surface area contributed by atoms with Crippen molar-refractivity contribution < 1.29 is 22.7 Å². The van der Waals surface area contributed by atoms with Crippen LogP contribution in [-0.2, 0) is 14.8 Å². The van der Waals surface area contributed by atoms with E-state index in [0.717, 1.165) is 21.0 Å². The number of carbonyl (C=O) groups is 1. The molecule has 3 aromatic carbocycles. The van der Waals surface area contributed by atoms with Gasteiger partial charge >= 0.3 is 0 Å². The summed E-state index contributed by atoms with van der Waals surface area (Å²) >= 11 is 0. The number of anilines is 1. The van der Waals surface area contributed by atoms with Crippen LogP contribution in [0.25, 0.3) is 0 Å². The summed E-state index contributed by atoms with van der Waals surface area (Å²) in [5.74, 6) is 0.576. The molecule has 0 saturated carbocycles. The molecule has 0 fully saturated rings. The van der Waals surface area contributed by atoms with E-state index >= 15 is 0 Å². The zero-order chi connectivity index (χ0) is 25.0. The van der Waals surface area contributed by atoms with Crippen molar-refractivity contribution in [2.75, 3.05) is 24.1 Å². The number of benzene rings is 3. The van der Waals surface area contributed by atoms with Gasteiger partial charge in [-0.05, 0) is 62.2 Å². The number of ether oxygens (including phenoxy) is 2. The molecule has 0 spiro atoms.